The number of fused-ring (bicyclic) bond motifs is 1. The van der Waals surface area contributed by atoms with Crippen LogP contribution in [0, 0.1) is 0 Å². The lowest BCUT2D eigenvalue weighted by Gasteiger charge is -2.31. The molecule has 0 atom stereocenters. The first-order chi connectivity index (χ1) is 14.1. The van der Waals surface area contributed by atoms with Crippen molar-refractivity contribution < 1.29 is 17.9 Å². The Balaban J connectivity index is 1.47. The van der Waals surface area contributed by atoms with E-state index in [4.69, 9.17) is 9.47 Å². The summed E-state index contributed by atoms with van der Waals surface area (Å²) in [6.45, 7) is 3.01. The molecule has 1 aromatic heterocycles. The first-order valence-corrected chi connectivity index (χ1v) is 11.1. The van der Waals surface area contributed by atoms with Gasteiger partial charge in [-0.15, -0.1) is 5.10 Å². The molecule has 0 unspecified atom stereocenters. The van der Waals surface area contributed by atoms with Crippen LogP contribution in [0.1, 0.15) is 19.8 Å². The van der Waals surface area contributed by atoms with E-state index in [0.717, 1.165) is 10.8 Å². The standard InChI is InChI=1S/C21H23N3O4S/c1-2-27-19-9-5-6-10-20(19)29(25,26)24-13-11-17(12-14-24)28-21-18-8-4-3-7-16(18)15-22-23-21/h3-10,15,17H,2,11-14H2,1H3. The summed E-state index contributed by atoms with van der Waals surface area (Å²) in [7, 11) is -3.62. The van der Waals surface area contributed by atoms with Crippen molar-refractivity contribution in [1.82, 2.24) is 14.5 Å². The fraction of sp³-hybridized carbons (Fsp3) is 0.333. The van der Waals surface area contributed by atoms with E-state index >= 15 is 0 Å². The van der Waals surface area contributed by atoms with Crippen molar-refractivity contribution in [3.63, 3.8) is 0 Å². The Morgan fingerprint density at radius 1 is 1.07 bits per heavy atom. The summed E-state index contributed by atoms with van der Waals surface area (Å²) in [6, 6.07) is 14.5. The number of rotatable bonds is 6. The fourth-order valence-electron chi connectivity index (χ4n) is 3.51. The third-order valence-corrected chi connectivity index (χ3v) is 6.92. The third-order valence-electron chi connectivity index (χ3n) is 4.98. The van der Waals surface area contributed by atoms with Gasteiger partial charge in [-0.2, -0.15) is 9.40 Å². The Hall–Kier alpha value is -2.71. The van der Waals surface area contributed by atoms with Crippen LogP contribution in [-0.4, -0.2) is 48.7 Å². The normalized spacial score (nSPS) is 16.0. The van der Waals surface area contributed by atoms with E-state index in [9.17, 15) is 8.42 Å². The maximum absolute atomic E-state index is 13.1. The number of hydrogen-bond donors (Lipinski definition) is 0. The zero-order chi connectivity index (χ0) is 20.3. The molecule has 1 fully saturated rings. The number of para-hydroxylation sites is 1. The molecule has 1 aliphatic heterocycles. The van der Waals surface area contributed by atoms with Gasteiger partial charge in [-0.3, -0.25) is 0 Å². The van der Waals surface area contributed by atoms with Crippen molar-refractivity contribution in [1.29, 1.82) is 0 Å². The average molecular weight is 413 g/mol. The van der Waals surface area contributed by atoms with Crippen LogP contribution in [0.4, 0.5) is 0 Å². The largest absolute Gasteiger partial charge is 0.492 e. The molecule has 7 nitrogen and oxygen atoms in total. The van der Waals surface area contributed by atoms with Crippen LogP contribution in [0.2, 0.25) is 0 Å². The summed E-state index contributed by atoms with van der Waals surface area (Å²) >= 11 is 0. The molecule has 2 aromatic carbocycles. The SMILES string of the molecule is CCOc1ccccc1S(=O)(=O)N1CCC(Oc2nncc3ccccc23)CC1. The Kier molecular flexibility index (Phi) is 5.64. The van der Waals surface area contributed by atoms with Gasteiger partial charge in [-0.25, -0.2) is 8.42 Å². The van der Waals surface area contributed by atoms with Gasteiger partial charge in [0.05, 0.1) is 12.8 Å². The highest BCUT2D eigenvalue weighted by Gasteiger charge is 2.32. The van der Waals surface area contributed by atoms with E-state index < -0.39 is 10.0 Å². The molecule has 29 heavy (non-hydrogen) atoms. The minimum absolute atomic E-state index is 0.108. The van der Waals surface area contributed by atoms with Gasteiger partial charge >= 0.3 is 0 Å². The number of hydrogen-bond acceptors (Lipinski definition) is 6. The Bertz CT molecular complexity index is 1090. The summed E-state index contributed by atoms with van der Waals surface area (Å²) < 4.78 is 39.3. The number of aromatic nitrogens is 2. The van der Waals surface area contributed by atoms with Gasteiger partial charge in [0.15, 0.2) is 0 Å². The number of piperidine rings is 1. The summed E-state index contributed by atoms with van der Waals surface area (Å²) in [5.74, 6) is 0.880. The van der Waals surface area contributed by atoms with E-state index in [-0.39, 0.29) is 11.0 Å². The quantitative estimate of drug-likeness (QED) is 0.617. The van der Waals surface area contributed by atoms with E-state index in [1.165, 1.54) is 4.31 Å². The second kappa shape index (κ2) is 8.34. The zero-order valence-corrected chi connectivity index (χ0v) is 17.0. The van der Waals surface area contributed by atoms with E-state index in [2.05, 4.69) is 10.2 Å². The molecule has 8 heteroatoms. The lowest BCUT2D eigenvalue weighted by atomic mass is 10.1. The van der Waals surface area contributed by atoms with Crippen LogP contribution in [0.5, 0.6) is 11.6 Å². The predicted molar refractivity (Wildman–Crippen MR) is 110 cm³/mol. The van der Waals surface area contributed by atoms with Crippen molar-refractivity contribution in [2.75, 3.05) is 19.7 Å². The molecule has 1 aliphatic rings. The molecular formula is C21H23N3O4S. The Morgan fingerprint density at radius 2 is 1.79 bits per heavy atom. The molecule has 0 saturated carbocycles. The highest BCUT2D eigenvalue weighted by atomic mass is 32.2. The van der Waals surface area contributed by atoms with Crippen LogP contribution in [0.3, 0.4) is 0 Å². The van der Waals surface area contributed by atoms with Crippen molar-refractivity contribution in [3.8, 4) is 11.6 Å². The Labute approximate surface area is 170 Å². The van der Waals surface area contributed by atoms with E-state index in [1.54, 1.807) is 30.5 Å². The van der Waals surface area contributed by atoms with Crippen LogP contribution in [0.15, 0.2) is 59.6 Å². The van der Waals surface area contributed by atoms with Crippen molar-refractivity contribution >= 4 is 20.8 Å². The smallest absolute Gasteiger partial charge is 0.246 e. The second-order valence-corrected chi connectivity index (χ2v) is 8.74. The van der Waals surface area contributed by atoms with E-state index in [1.807, 2.05) is 31.2 Å². The number of nitrogens with zero attached hydrogens (tertiary/aromatic N) is 3. The molecule has 0 N–H and O–H groups in total. The maximum atomic E-state index is 13.1. The Morgan fingerprint density at radius 3 is 2.59 bits per heavy atom. The molecule has 1 saturated heterocycles. The lowest BCUT2D eigenvalue weighted by molar-refractivity contribution is 0.130. The number of ether oxygens (including phenoxy) is 2. The van der Waals surface area contributed by atoms with Crippen LogP contribution >= 0.6 is 0 Å². The first kappa shape index (κ1) is 19.6. The second-order valence-electron chi connectivity index (χ2n) is 6.84. The van der Waals surface area contributed by atoms with Gasteiger partial charge in [-0.1, -0.05) is 30.3 Å². The van der Waals surface area contributed by atoms with Crippen molar-refractivity contribution in [3.05, 3.63) is 54.7 Å². The average Bonchev–Trinajstić information content (AvgIpc) is 2.75. The molecule has 4 rings (SSSR count). The molecule has 0 aliphatic carbocycles. The van der Waals surface area contributed by atoms with Gasteiger partial charge in [0.2, 0.25) is 15.9 Å². The van der Waals surface area contributed by atoms with Crippen LogP contribution < -0.4 is 9.47 Å². The topological polar surface area (TPSA) is 81.6 Å². The molecule has 0 radical (unpaired) electrons. The highest BCUT2D eigenvalue weighted by molar-refractivity contribution is 7.89. The van der Waals surface area contributed by atoms with Gasteiger partial charge in [0.1, 0.15) is 16.7 Å². The monoisotopic (exact) mass is 413 g/mol. The van der Waals surface area contributed by atoms with Gasteiger partial charge in [-0.05, 0) is 38.0 Å². The summed E-state index contributed by atoms with van der Waals surface area (Å²) in [6.07, 6.45) is 2.76. The molecule has 0 amide bonds. The molecule has 0 spiro atoms. The molecule has 2 heterocycles. The first-order valence-electron chi connectivity index (χ1n) is 9.68. The van der Waals surface area contributed by atoms with Gasteiger partial charge in [0.25, 0.3) is 0 Å². The summed E-state index contributed by atoms with van der Waals surface area (Å²) in [5, 5.41) is 10.0. The van der Waals surface area contributed by atoms with Crippen LogP contribution in [0.25, 0.3) is 10.8 Å². The third kappa shape index (κ3) is 4.04. The maximum Gasteiger partial charge on any atom is 0.246 e. The highest BCUT2D eigenvalue weighted by Crippen LogP contribution is 2.30. The minimum atomic E-state index is -3.62. The predicted octanol–water partition coefficient (Wildman–Crippen LogP) is 3.26. The lowest BCUT2D eigenvalue weighted by Crippen LogP contribution is -2.41. The van der Waals surface area contributed by atoms with Crippen LogP contribution in [-0.2, 0) is 10.0 Å². The number of sulfonamides is 1. The van der Waals surface area contributed by atoms with E-state index in [0.29, 0.717) is 44.2 Å². The minimum Gasteiger partial charge on any atom is -0.492 e. The van der Waals surface area contributed by atoms with Crippen molar-refractivity contribution in [2.24, 2.45) is 0 Å². The zero-order valence-electron chi connectivity index (χ0n) is 16.2. The van der Waals surface area contributed by atoms with Gasteiger partial charge in [0, 0.05) is 23.9 Å². The molecule has 152 valence electrons. The number of benzene rings is 2. The summed E-state index contributed by atoms with van der Waals surface area (Å²) in [4.78, 5) is 0.209. The molecular weight excluding hydrogens is 390 g/mol. The molecule has 3 aromatic rings. The van der Waals surface area contributed by atoms with Gasteiger partial charge < -0.3 is 9.47 Å². The van der Waals surface area contributed by atoms with Crippen molar-refractivity contribution in [2.45, 2.75) is 30.8 Å². The molecule has 0 bridgehead atoms. The fourth-order valence-corrected chi connectivity index (χ4v) is 5.12. The summed E-state index contributed by atoms with van der Waals surface area (Å²) in [5.41, 5.74) is 0.